The number of thiophene rings is 1. The zero-order valence-electron chi connectivity index (χ0n) is 44.6. The highest BCUT2D eigenvalue weighted by Crippen LogP contribution is 2.37. The van der Waals surface area contributed by atoms with Gasteiger partial charge in [-0.15, -0.1) is 17.3 Å². The zero-order chi connectivity index (χ0) is 51.3. The Bertz CT molecular complexity index is 3470. The third-order valence-electron chi connectivity index (χ3n) is 15.4. The summed E-state index contributed by atoms with van der Waals surface area (Å²) in [6.07, 6.45) is 18.0. The molecule has 372 valence electrons. The van der Waals surface area contributed by atoms with Crippen LogP contribution in [0.3, 0.4) is 0 Å². The van der Waals surface area contributed by atoms with E-state index >= 15 is 0 Å². The summed E-state index contributed by atoms with van der Waals surface area (Å²) in [7, 11) is 0. The first-order valence-electron chi connectivity index (χ1n) is 27.9. The van der Waals surface area contributed by atoms with Crippen molar-refractivity contribution in [2.75, 3.05) is 0 Å². The summed E-state index contributed by atoms with van der Waals surface area (Å²) >= 11 is 1.93. The Morgan fingerprint density at radius 2 is 0.600 bits per heavy atom. The monoisotopic (exact) mass is 991 g/mol. The van der Waals surface area contributed by atoms with Crippen LogP contribution in [0.15, 0.2) is 182 Å². The molecule has 9 aromatic rings. The van der Waals surface area contributed by atoms with E-state index in [2.05, 4.69) is 226 Å². The van der Waals surface area contributed by atoms with Gasteiger partial charge in [-0.05, 0) is 152 Å². The number of unbranched alkanes of at least 4 members (excludes halogenated alkanes) is 10. The van der Waals surface area contributed by atoms with Crippen LogP contribution in [0.5, 0.6) is 0 Å². The van der Waals surface area contributed by atoms with Crippen molar-refractivity contribution in [3.05, 3.63) is 214 Å². The fourth-order valence-electron chi connectivity index (χ4n) is 11.0. The summed E-state index contributed by atoms with van der Waals surface area (Å²) in [5, 5.41) is 0. The number of aryl methyl sites for hydroxylation is 1. The largest absolute Gasteiger partial charge is 0.131 e. The van der Waals surface area contributed by atoms with Crippen LogP contribution in [0.1, 0.15) is 130 Å². The standard InChI is InChI=1S/C74H70S/c1-5-8-10-12-14-16-19-70-53(4)75-74(73(70)20-17-15-13-11-9-6-2)50-47-69-52-67-46-49-72(69)65-43-39-61(40-44-65)57-27-23-54(24-28-57)58-29-33-62(34-30-58)66-45-48-71(68(51-66)18-7-3)64-41-37-60(38-42-64)56-25-21-55(22-26-56)59-31-35-63(67)36-32-59/h21-46,48-49,51-52H,5-6,8-17,19-20H2,1-4H3. The third kappa shape index (κ3) is 12.2. The summed E-state index contributed by atoms with van der Waals surface area (Å²) < 4.78 is 0. The van der Waals surface area contributed by atoms with Gasteiger partial charge < -0.3 is 0 Å². The van der Waals surface area contributed by atoms with E-state index in [1.165, 1.54) is 166 Å². The molecule has 0 unspecified atom stereocenters. The molecule has 16 bridgehead atoms. The van der Waals surface area contributed by atoms with Gasteiger partial charge in [-0.3, -0.25) is 0 Å². The van der Waals surface area contributed by atoms with E-state index in [1.54, 1.807) is 5.56 Å². The van der Waals surface area contributed by atoms with E-state index in [0.29, 0.717) is 0 Å². The van der Waals surface area contributed by atoms with Crippen LogP contribution in [0.4, 0.5) is 0 Å². The maximum atomic E-state index is 3.85. The first kappa shape index (κ1) is 51.1. The van der Waals surface area contributed by atoms with E-state index in [4.69, 9.17) is 0 Å². The Balaban J connectivity index is 1.02. The number of benzene rings is 8. The molecule has 1 aromatic heterocycles. The molecule has 8 aromatic carbocycles. The maximum absolute atomic E-state index is 3.85. The fourth-order valence-corrected chi connectivity index (χ4v) is 12.1. The van der Waals surface area contributed by atoms with Gasteiger partial charge in [-0.1, -0.05) is 266 Å². The predicted octanol–water partition coefficient (Wildman–Crippen LogP) is 21.3. The van der Waals surface area contributed by atoms with E-state index in [0.717, 1.165) is 39.8 Å². The molecule has 0 fully saturated rings. The van der Waals surface area contributed by atoms with Gasteiger partial charge in [-0.25, -0.2) is 0 Å². The topological polar surface area (TPSA) is 0 Å². The molecule has 0 spiro atoms. The van der Waals surface area contributed by atoms with Gasteiger partial charge >= 0.3 is 0 Å². The average Bonchev–Trinajstić information content (AvgIpc) is 3.77. The molecule has 0 amide bonds. The molecule has 0 saturated carbocycles. The minimum atomic E-state index is 1.03. The number of hydrogen-bond donors (Lipinski definition) is 0. The lowest BCUT2D eigenvalue weighted by Gasteiger charge is -2.12. The predicted molar refractivity (Wildman–Crippen MR) is 325 cm³/mol. The SMILES string of the molecule is CC#Cc1cc2ccc1-c1ccc(cc1)-c1ccc(cc1)-c1ccc(cc1)-c1ccc(c(C#Cc3sc(C)c(CCCCCCCC)c3CCCCCCCC)c1)-c1ccc(cc1)-c1ccc(cc1)-c1ccc-2cc1. The highest BCUT2D eigenvalue weighted by molar-refractivity contribution is 7.12. The molecule has 22 aliphatic carbocycles. The van der Waals surface area contributed by atoms with E-state index in [-0.39, 0.29) is 0 Å². The Morgan fingerprint density at radius 3 is 0.960 bits per heavy atom. The Labute approximate surface area is 453 Å². The van der Waals surface area contributed by atoms with Crippen LogP contribution in [0, 0.1) is 30.6 Å². The van der Waals surface area contributed by atoms with Crippen LogP contribution in [-0.2, 0) is 12.8 Å². The molecule has 0 nitrogen and oxygen atoms in total. The van der Waals surface area contributed by atoms with Crippen LogP contribution in [0.25, 0.3) is 89.0 Å². The number of hydrogen-bond acceptors (Lipinski definition) is 1. The molecule has 0 aliphatic heterocycles. The normalized spacial score (nSPS) is 11.2. The quantitative estimate of drug-likeness (QED) is 0.0752. The molecule has 1 heteroatoms. The summed E-state index contributed by atoms with van der Waals surface area (Å²) in [4.78, 5) is 2.73. The van der Waals surface area contributed by atoms with Crippen molar-refractivity contribution in [3.8, 4) is 113 Å². The zero-order valence-corrected chi connectivity index (χ0v) is 45.4. The minimum Gasteiger partial charge on any atom is -0.131 e. The molecule has 0 radical (unpaired) electrons. The van der Waals surface area contributed by atoms with Gasteiger partial charge in [0.05, 0.1) is 4.88 Å². The van der Waals surface area contributed by atoms with Crippen LogP contribution < -0.4 is 0 Å². The lowest BCUT2D eigenvalue weighted by molar-refractivity contribution is 0.599. The molecule has 75 heavy (non-hydrogen) atoms. The van der Waals surface area contributed by atoms with Crippen LogP contribution >= 0.6 is 11.3 Å². The average molecular weight is 991 g/mol. The van der Waals surface area contributed by atoms with Crippen LogP contribution in [-0.4, -0.2) is 0 Å². The van der Waals surface area contributed by atoms with Crippen molar-refractivity contribution < 1.29 is 0 Å². The lowest BCUT2D eigenvalue weighted by Crippen LogP contribution is -1.96. The second-order valence-electron chi connectivity index (χ2n) is 20.6. The Kier molecular flexibility index (Phi) is 16.9. The Morgan fingerprint density at radius 1 is 0.307 bits per heavy atom. The summed E-state index contributed by atoms with van der Waals surface area (Å²) in [6.45, 7) is 8.87. The molecule has 0 saturated heterocycles. The van der Waals surface area contributed by atoms with Crippen molar-refractivity contribution in [2.45, 2.75) is 118 Å². The van der Waals surface area contributed by atoms with Gasteiger partial charge in [0, 0.05) is 16.0 Å². The second-order valence-corrected chi connectivity index (χ2v) is 21.8. The van der Waals surface area contributed by atoms with Crippen LogP contribution in [0.2, 0.25) is 0 Å². The first-order valence-corrected chi connectivity index (χ1v) is 28.8. The van der Waals surface area contributed by atoms with Crippen molar-refractivity contribution in [2.24, 2.45) is 0 Å². The Hall–Kier alpha value is -7.42. The highest BCUT2D eigenvalue weighted by atomic mass is 32.1. The van der Waals surface area contributed by atoms with Gasteiger partial charge in [0.25, 0.3) is 0 Å². The maximum Gasteiger partial charge on any atom is 0.0809 e. The van der Waals surface area contributed by atoms with Gasteiger partial charge in [0.1, 0.15) is 0 Å². The van der Waals surface area contributed by atoms with Crippen molar-refractivity contribution >= 4 is 11.3 Å². The fraction of sp³-hybridized carbons (Fsp3) is 0.243. The summed E-state index contributed by atoms with van der Waals surface area (Å²) in [6, 6.07) is 67.6. The molecular formula is C74H70S. The van der Waals surface area contributed by atoms with E-state index in [1.807, 2.05) is 18.3 Å². The van der Waals surface area contributed by atoms with E-state index in [9.17, 15) is 0 Å². The van der Waals surface area contributed by atoms with Gasteiger partial charge in [0.2, 0.25) is 0 Å². The summed E-state index contributed by atoms with van der Waals surface area (Å²) in [5.41, 5.74) is 24.1. The van der Waals surface area contributed by atoms with Crippen molar-refractivity contribution in [1.29, 1.82) is 0 Å². The first-order chi connectivity index (χ1) is 37.0. The second kappa shape index (κ2) is 24.7. The van der Waals surface area contributed by atoms with Gasteiger partial charge in [0.15, 0.2) is 0 Å². The van der Waals surface area contributed by atoms with Crippen molar-refractivity contribution in [3.63, 3.8) is 0 Å². The highest BCUT2D eigenvalue weighted by Gasteiger charge is 2.16. The minimum absolute atomic E-state index is 1.03. The van der Waals surface area contributed by atoms with E-state index < -0.39 is 0 Å². The molecule has 22 aliphatic rings. The third-order valence-corrected chi connectivity index (χ3v) is 16.5. The summed E-state index contributed by atoms with van der Waals surface area (Å²) in [5.74, 6) is 14.3. The molecule has 31 rings (SSSR count). The number of rotatable bonds is 14. The molecule has 0 atom stereocenters. The smallest absolute Gasteiger partial charge is 0.0809 e. The lowest BCUT2D eigenvalue weighted by atomic mass is 9.92. The van der Waals surface area contributed by atoms with Crippen molar-refractivity contribution in [1.82, 2.24) is 0 Å². The molecule has 0 N–H and O–H groups in total. The van der Waals surface area contributed by atoms with Gasteiger partial charge in [-0.2, -0.15) is 0 Å². The molecular weight excluding hydrogens is 921 g/mol. The molecule has 1 heterocycles.